The normalized spacial score (nSPS) is 7.14. The molecule has 0 spiro atoms. The van der Waals surface area contributed by atoms with Crippen molar-refractivity contribution in [1.29, 1.82) is 0 Å². The molecular formula is C11H14NNaO. The summed E-state index contributed by atoms with van der Waals surface area (Å²) >= 11 is 0. The quantitative estimate of drug-likeness (QED) is 0.567. The molecule has 0 unspecified atom stereocenters. The number of hydrogen-bond donors (Lipinski definition) is 1. The second kappa shape index (κ2) is 10.3. The van der Waals surface area contributed by atoms with Gasteiger partial charge in [-0.1, -0.05) is 49.6 Å². The molecule has 2 nitrogen and oxygen atoms in total. The Bertz CT molecular complexity index is 283. The van der Waals surface area contributed by atoms with Crippen LogP contribution < -0.4 is 5.73 Å². The second-order valence-corrected chi connectivity index (χ2v) is 2.22. The van der Waals surface area contributed by atoms with E-state index in [0.29, 0.717) is 0 Å². The van der Waals surface area contributed by atoms with Crippen LogP contribution in [0.4, 0.5) is 0 Å². The van der Waals surface area contributed by atoms with Gasteiger partial charge in [-0.3, -0.25) is 4.79 Å². The van der Waals surface area contributed by atoms with Gasteiger partial charge in [-0.05, 0) is 11.6 Å². The SMILES string of the molecule is C=CC(N)=O.C=Cc1ccccc1.[NaH]. The summed E-state index contributed by atoms with van der Waals surface area (Å²) in [6.45, 7) is 6.72. The Balaban J connectivity index is 0. The topological polar surface area (TPSA) is 43.1 Å². The minimum atomic E-state index is -0.481. The van der Waals surface area contributed by atoms with Gasteiger partial charge in [0.05, 0.1) is 0 Å². The summed E-state index contributed by atoms with van der Waals surface area (Å²) in [5.41, 5.74) is 5.71. The van der Waals surface area contributed by atoms with Crippen LogP contribution in [0.25, 0.3) is 6.08 Å². The van der Waals surface area contributed by atoms with Gasteiger partial charge in [0, 0.05) is 0 Å². The third kappa shape index (κ3) is 9.26. The van der Waals surface area contributed by atoms with Gasteiger partial charge in [0.25, 0.3) is 0 Å². The van der Waals surface area contributed by atoms with Crippen LogP contribution in [0, 0.1) is 0 Å². The molecule has 0 aromatic heterocycles. The van der Waals surface area contributed by atoms with E-state index >= 15 is 0 Å². The molecule has 2 N–H and O–H groups in total. The molecule has 1 aromatic carbocycles. The Hall–Kier alpha value is -0.830. The van der Waals surface area contributed by atoms with E-state index in [-0.39, 0.29) is 29.6 Å². The molecule has 0 atom stereocenters. The summed E-state index contributed by atoms with van der Waals surface area (Å²) in [6, 6.07) is 10.0. The molecular weight excluding hydrogens is 185 g/mol. The molecule has 1 amide bonds. The third-order valence-corrected chi connectivity index (χ3v) is 1.24. The van der Waals surface area contributed by atoms with Crippen molar-refractivity contribution < 1.29 is 4.79 Å². The van der Waals surface area contributed by atoms with Crippen LogP contribution in [0.2, 0.25) is 0 Å². The van der Waals surface area contributed by atoms with Crippen LogP contribution in [0.15, 0.2) is 49.6 Å². The zero-order chi connectivity index (χ0) is 10.1. The predicted octanol–water partition coefficient (Wildman–Crippen LogP) is 1.34. The third-order valence-electron chi connectivity index (χ3n) is 1.24. The van der Waals surface area contributed by atoms with Gasteiger partial charge in [-0.2, -0.15) is 0 Å². The number of hydrogen-bond acceptors (Lipinski definition) is 1. The van der Waals surface area contributed by atoms with Crippen molar-refractivity contribution in [1.82, 2.24) is 0 Å². The van der Waals surface area contributed by atoms with Crippen LogP contribution in [0.3, 0.4) is 0 Å². The summed E-state index contributed by atoms with van der Waals surface area (Å²) < 4.78 is 0. The Morgan fingerprint density at radius 2 is 1.64 bits per heavy atom. The van der Waals surface area contributed by atoms with E-state index in [9.17, 15) is 4.79 Å². The van der Waals surface area contributed by atoms with Crippen LogP contribution in [0.1, 0.15) is 5.56 Å². The van der Waals surface area contributed by atoms with Crippen molar-refractivity contribution in [3.63, 3.8) is 0 Å². The first kappa shape index (κ1) is 15.6. The molecule has 70 valence electrons. The molecule has 14 heavy (non-hydrogen) atoms. The van der Waals surface area contributed by atoms with E-state index in [2.05, 4.69) is 18.9 Å². The average molecular weight is 199 g/mol. The van der Waals surface area contributed by atoms with Crippen molar-refractivity contribution in [2.75, 3.05) is 0 Å². The zero-order valence-electron chi connectivity index (χ0n) is 7.44. The maximum atomic E-state index is 9.47. The molecule has 1 aromatic rings. The summed E-state index contributed by atoms with van der Waals surface area (Å²) in [6.07, 6.45) is 2.89. The van der Waals surface area contributed by atoms with E-state index in [0.717, 1.165) is 6.08 Å². The minimum absolute atomic E-state index is 0. The molecule has 3 heteroatoms. The van der Waals surface area contributed by atoms with E-state index in [1.54, 1.807) is 0 Å². The Morgan fingerprint density at radius 1 is 1.21 bits per heavy atom. The fourth-order valence-corrected chi connectivity index (χ4v) is 0.589. The number of carbonyl (C=O) groups is 1. The first-order chi connectivity index (χ1) is 6.20. The Kier molecular flexibility index (Phi) is 11.4. The van der Waals surface area contributed by atoms with E-state index in [1.165, 1.54) is 5.56 Å². The summed E-state index contributed by atoms with van der Waals surface area (Å²) in [7, 11) is 0. The number of benzene rings is 1. The van der Waals surface area contributed by atoms with Gasteiger partial charge < -0.3 is 5.73 Å². The molecule has 0 saturated heterocycles. The molecule has 0 fully saturated rings. The summed E-state index contributed by atoms with van der Waals surface area (Å²) in [5, 5.41) is 0. The molecule has 0 aliphatic rings. The first-order valence-corrected chi connectivity index (χ1v) is 3.80. The number of primary amides is 1. The van der Waals surface area contributed by atoms with E-state index < -0.39 is 5.91 Å². The van der Waals surface area contributed by atoms with Gasteiger partial charge in [-0.15, -0.1) is 0 Å². The van der Waals surface area contributed by atoms with E-state index in [4.69, 9.17) is 0 Å². The van der Waals surface area contributed by atoms with E-state index in [1.807, 2.05) is 36.4 Å². The zero-order valence-corrected chi connectivity index (χ0v) is 7.44. The molecule has 0 aliphatic heterocycles. The van der Waals surface area contributed by atoms with Gasteiger partial charge in [0.15, 0.2) is 0 Å². The van der Waals surface area contributed by atoms with Crippen LogP contribution in [0.5, 0.6) is 0 Å². The van der Waals surface area contributed by atoms with Gasteiger partial charge in [-0.25, -0.2) is 0 Å². The van der Waals surface area contributed by atoms with Crippen LogP contribution >= 0.6 is 0 Å². The van der Waals surface area contributed by atoms with Crippen molar-refractivity contribution >= 4 is 41.5 Å². The Labute approximate surface area is 107 Å². The second-order valence-electron chi connectivity index (χ2n) is 2.22. The fourth-order valence-electron chi connectivity index (χ4n) is 0.589. The van der Waals surface area contributed by atoms with Gasteiger partial charge >= 0.3 is 29.6 Å². The van der Waals surface area contributed by atoms with Crippen LogP contribution in [-0.4, -0.2) is 35.5 Å². The Morgan fingerprint density at radius 3 is 1.86 bits per heavy atom. The first-order valence-electron chi connectivity index (χ1n) is 3.80. The molecule has 0 radical (unpaired) electrons. The summed E-state index contributed by atoms with van der Waals surface area (Å²) in [4.78, 5) is 9.47. The van der Waals surface area contributed by atoms with Gasteiger partial charge in [0.2, 0.25) is 5.91 Å². The number of amides is 1. The number of nitrogens with two attached hydrogens (primary N) is 1. The predicted molar refractivity (Wildman–Crippen MR) is 63.1 cm³/mol. The molecule has 0 bridgehead atoms. The van der Waals surface area contributed by atoms with Crippen LogP contribution in [-0.2, 0) is 4.79 Å². The molecule has 0 heterocycles. The molecule has 0 aliphatic carbocycles. The molecule has 1 rings (SSSR count). The summed E-state index contributed by atoms with van der Waals surface area (Å²) in [5.74, 6) is -0.481. The van der Waals surface area contributed by atoms with Crippen molar-refractivity contribution in [2.24, 2.45) is 5.73 Å². The molecule has 0 saturated carbocycles. The monoisotopic (exact) mass is 199 g/mol. The van der Waals surface area contributed by atoms with Crippen molar-refractivity contribution in [3.05, 3.63) is 55.1 Å². The number of carbonyl (C=O) groups excluding carboxylic acids is 1. The maximum absolute atomic E-state index is 9.47. The average Bonchev–Trinajstić information content (AvgIpc) is 2.20. The van der Waals surface area contributed by atoms with Crippen molar-refractivity contribution in [3.8, 4) is 0 Å². The fraction of sp³-hybridized carbons (Fsp3) is 0. The standard InChI is InChI=1S/C8H8.C3H5NO.Na.H/c1-2-8-6-4-3-5-7-8;1-2-3(4)5;;/h2-7H,1H2;2H,1H2,(H2,4,5);;. The van der Waals surface area contributed by atoms with Crippen molar-refractivity contribution in [2.45, 2.75) is 0 Å². The number of rotatable bonds is 2. The van der Waals surface area contributed by atoms with Gasteiger partial charge in [0.1, 0.15) is 0 Å².